The topological polar surface area (TPSA) is 4.44 Å². The number of rotatable bonds is 6. The van der Waals surface area contributed by atoms with Crippen LogP contribution in [0.3, 0.4) is 0 Å². The summed E-state index contributed by atoms with van der Waals surface area (Å²) in [5.41, 5.74) is 2.85. The van der Waals surface area contributed by atoms with Gasteiger partial charge in [-0.1, -0.05) is 54.1 Å². The lowest BCUT2D eigenvalue weighted by atomic mass is 9.89. The molecule has 116 valence electrons. The van der Waals surface area contributed by atoms with Crippen LogP contribution in [0.4, 0.5) is 0 Å². The smallest absolute Gasteiger partial charge is 0.0776 e. The SMILES string of the molecule is Clc1ccc([C@@H](CC[NH+]2CCCC2)Cc2ccccc2)cc1. The first-order chi connectivity index (χ1) is 10.8. The van der Waals surface area contributed by atoms with Crippen LogP contribution in [0.1, 0.15) is 36.3 Å². The van der Waals surface area contributed by atoms with Crippen molar-refractivity contribution in [2.75, 3.05) is 19.6 Å². The number of hydrogen-bond acceptors (Lipinski definition) is 0. The van der Waals surface area contributed by atoms with Gasteiger partial charge in [0.1, 0.15) is 0 Å². The van der Waals surface area contributed by atoms with Gasteiger partial charge in [0.05, 0.1) is 19.6 Å². The summed E-state index contributed by atoms with van der Waals surface area (Å²) in [5, 5.41) is 0.826. The van der Waals surface area contributed by atoms with Crippen molar-refractivity contribution >= 4 is 11.6 Å². The van der Waals surface area contributed by atoms with Crippen molar-refractivity contribution in [1.82, 2.24) is 0 Å². The third kappa shape index (κ3) is 4.34. The van der Waals surface area contributed by atoms with Crippen LogP contribution in [0.15, 0.2) is 54.6 Å². The van der Waals surface area contributed by atoms with Gasteiger partial charge in [0.2, 0.25) is 0 Å². The maximum absolute atomic E-state index is 6.05. The first-order valence-electron chi connectivity index (χ1n) is 8.44. The van der Waals surface area contributed by atoms with Gasteiger partial charge in [-0.25, -0.2) is 0 Å². The van der Waals surface area contributed by atoms with Gasteiger partial charge in [-0.15, -0.1) is 0 Å². The molecule has 0 unspecified atom stereocenters. The highest BCUT2D eigenvalue weighted by Crippen LogP contribution is 2.25. The van der Waals surface area contributed by atoms with E-state index >= 15 is 0 Å². The molecule has 2 aromatic carbocycles. The fourth-order valence-electron chi connectivity index (χ4n) is 3.52. The summed E-state index contributed by atoms with van der Waals surface area (Å²) in [5.74, 6) is 0.591. The van der Waals surface area contributed by atoms with E-state index in [1.54, 1.807) is 4.90 Å². The van der Waals surface area contributed by atoms with Crippen LogP contribution in [-0.2, 0) is 6.42 Å². The molecule has 1 heterocycles. The normalized spacial score (nSPS) is 16.8. The van der Waals surface area contributed by atoms with E-state index in [9.17, 15) is 0 Å². The molecule has 1 atom stereocenters. The minimum absolute atomic E-state index is 0.591. The second-order valence-electron chi connectivity index (χ2n) is 6.43. The molecule has 3 rings (SSSR count). The lowest BCUT2D eigenvalue weighted by Gasteiger charge is -2.20. The van der Waals surface area contributed by atoms with Gasteiger partial charge in [-0.3, -0.25) is 0 Å². The fourth-order valence-corrected chi connectivity index (χ4v) is 3.65. The molecule has 1 nitrogen and oxygen atoms in total. The molecule has 0 bridgehead atoms. The third-order valence-corrected chi connectivity index (χ3v) is 5.08. The van der Waals surface area contributed by atoms with E-state index in [0.29, 0.717) is 5.92 Å². The Morgan fingerprint density at radius 3 is 2.27 bits per heavy atom. The predicted octanol–water partition coefficient (Wildman–Crippen LogP) is 3.74. The largest absolute Gasteiger partial charge is 0.335 e. The first-order valence-corrected chi connectivity index (χ1v) is 8.82. The summed E-state index contributed by atoms with van der Waals surface area (Å²) in [7, 11) is 0. The lowest BCUT2D eigenvalue weighted by Crippen LogP contribution is -3.10. The molecule has 0 aliphatic carbocycles. The molecule has 0 amide bonds. The number of quaternary nitrogens is 1. The van der Waals surface area contributed by atoms with Gasteiger partial charge in [0, 0.05) is 24.3 Å². The van der Waals surface area contributed by atoms with Crippen LogP contribution in [0.25, 0.3) is 0 Å². The first kappa shape index (κ1) is 15.6. The summed E-state index contributed by atoms with van der Waals surface area (Å²) in [6, 6.07) is 19.3. The van der Waals surface area contributed by atoms with Crippen molar-refractivity contribution in [2.45, 2.75) is 31.6 Å². The molecular weight excluding hydrogens is 290 g/mol. The molecule has 1 fully saturated rings. The molecule has 1 aliphatic heterocycles. The molecule has 0 spiro atoms. The maximum atomic E-state index is 6.05. The molecule has 2 heteroatoms. The fraction of sp³-hybridized carbons (Fsp3) is 0.400. The summed E-state index contributed by atoms with van der Waals surface area (Å²) >= 11 is 6.05. The maximum Gasteiger partial charge on any atom is 0.0776 e. The van der Waals surface area contributed by atoms with Gasteiger partial charge >= 0.3 is 0 Å². The summed E-state index contributed by atoms with van der Waals surface area (Å²) in [4.78, 5) is 1.78. The van der Waals surface area contributed by atoms with E-state index < -0.39 is 0 Å². The van der Waals surface area contributed by atoms with Crippen LogP contribution >= 0.6 is 11.6 Å². The Morgan fingerprint density at radius 2 is 1.59 bits per heavy atom. The van der Waals surface area contributed by atoms with Crippen LogP contribution in [0, 0.1) is 0 Å². The van der Waals surface area contributed by atoms with Crippen LogP contribution in [0.2, 0.25) is 5.02 Å². The summed E-state index contributed by atoms with van der Waals surface area (Å²) < 4.78 is 0. The quantitative estimate of drug-likeness (QED) is 0.828. The Balaban J connectivity index is 1.70. The highest BCUT2D eigenvalue weighted by molar-refractivity contribution is 6.30. The van der Waals surface area contributed by atoms with Crippen LogP contribution in [-0.4, -0.2) is 19.6 Å². The zero-order chi connectivity index (χ0) is 15.2. The summed E-state index contributed by atoms with van der Waals surface area (Å²) in [6.07, 6.45) is 5.18. The molecule has 0 aromatic heterocycles. The molecule has 1 N–H and O–H groups in total. The van der Waals surface area contributed by atoms with E-state index in [2.05, 4.69) is 42.5 Å². The van der Waals surface area contributed by atoms with E-state index in [1.165, 1.54) is 50.0 Å². The lowest BCUT2D eigenvalue weighted by molar-refractivity contribution is -0.887. The molecule has 1 saturated heterocycles. The molecule has 2 aromatic rings. The average Bonchev–Trinajstić information content (AvgIpc) is 3.07. The van der Waals surface area contributed by atoms with Crippen LogP contribution in [0.5, 0.6) is 0 Å². The van der Waals surface area contributed by atoms with Crippen molar-refractivity contribution in [3.8, 4) is 0 Å². The molecule has 0 saturated carbocycles. The van der Waals surface area contributed by atoms with Crippen molar-refractivity contribution in [1.29, 1.82) is 0 Å². The standard InChI is InChI=1S/C20H24ClN/c21-20-10-8-18(9-11-20)19(12-15-22-13-4-5-14-22)16-17-6-2-1-3-7-17/h1-3,6-11,19H,4-5,12-16H2/p+1/t19-/m0/s1. The number of halogens is 1. The Morgan fingerprint density at radius 1 is 0.909 bits per heavy atom. The highest BCUT2D eigenvalue weighted by Gasteiger charge is 2.19. The van der Waals surface area contributed by atoms with E-state index in [-0.39, 0.29) is 0 Å². The minimum atomic E-state index is 0.591. The Bertz CT molecular complexity index is 558. The third-order valence-electron chi connectivity index (χ3n) is 4.82. The molecule has 1 aliphatic rings. The van der Waals surface area contributed by atoms with Gasteiger partial charge in [-0.2, -0.15) is 0 Å². The number of likely N-dealkylation sites (tertiary alicyclic amines) is 1. The second kappa shape index (κ2) is 7.80. The highest BCUT2D eigenvalue weighted by atomic mass is 35.5. The van der Waals surface area contributed by atoms with Crippen molar-refractivity contribution < 1.29 is 4.90 Å². The van der Waals surface area contributed by atoms with Gasteiger partial charge in [-0.05, 0) is 35.6 Å². The van der Waals surface area contributed by atoms with Crippen molar-refractivity contribution in [3.05, 3.63) is 70.7 Å². The average molecular weight is 315 g/mol. The molecule has 0 radical (unpaired) electrons. The zero-order valence-corrected chi connectivity index (χ0v) is 13.9. The van der Waals surface area contributed by atoms with Gasteiger partial charge in [0.15, 0.2) is 0 Å². The van der Waals surface area contributed by atoms with E-state index in [1.807, 2.05) is 12.1 Å². The van der Waals surface area contributed by atoms with Gasteiger partial charge in [0.25, 0.3) is 0 Å². The zero-order valence-electron chi connectivity index (χ0n) is 13.1. The van der Waals surface area contributed by atoms with E-state index in [4.69, 9.17) is 11.6 Å². The van der Waals surface area contributed by atoms with E-state index in [0.717, 1.165) is 11.4 Å². The number of benzene rings is 2. The Labute approximate surface area is 138 Å². The molecule has 22 heavy (non-hydrogen) atoms. The summed E-state index contributed by atoms with van der Waals surface area (Å²) in [6.45, 7) is 4.01. The number of nitrogens with one attached hydrogen (secondary N) is 1. The molecular formula is C20H25ClN+. The Hall–Kier alpha value is -1.31. The monoisotopic (exact) mass is 314 g/mol. The van der Waals surface area contributed by atoms with Gasteiger partial charge < -0.3 is 4.90 Å². The minimum Gasteiger partial charge on any atom is -0.335 e. The van der Waals surface area contributed by atoms with Crippen molar-refractivity contribution in [2.24, 2.45) is 0 Å². The Kier molecular flexibility index (Phi) is 5.53. The predicted molar refractivity (Wildman–Crippen MR) is 93.8 cm³/mol. The van der Waals surface area contributed by atoms with Crippen molar-refractivity contribution in [3.63, 3.8) is 0 Å². The van der Waals surface area contributed by atoms with Crippen LogP contribution < -0.4 is 4.90 Å². The second-order valence-corrected chi connectivity index (χ2v) is 6.87. The number of hydrogen-bond donors (Lipinski definition) is 1.